The highest BCUT2D eigenvalue weighted by Gasteiger charge is 2.33. The summed E-state index contributed by atoms with van der Waals surface area (Å²) in [6.45, 7) is 6.21. The van der Waals surface area contributed by atoms with Gasteiger partial charge in [0.15, 0.2) is 5.66 Å². The summed E-state index contributed by atoms with van der Waals surface area (Å²) in [5, 5.41) is 3.88. The molecule has 0 amide bonds. The highest BCUT2D eigenvalue weighted by atomic mass is 16.7. The lowest BCUT2D eigenvalue weighted by Crippen LogP contribution is -2.53. The minimum absolute atomic E-state index is 0.160. The van der Waals surface area contributed by atoms with Crippen molar-refractivity contribution in [2.75, 3.05) is 0 Å². The highest BCUT2D eigenvalue weighted by molar-refractivity contribution is 5.95. The first-order valence-electron chi connectivity index (χ1n) is 7.48. The molecule has 0 fully saturated rings. The van der Waals surface area contributed by atoms with E-state index >= 15 is 0 Å². The Bertz CT molecular complexity index is 810. The first-order valence-corrected chi connectivity index (χ1v) is 7.48. The van der Waals surface area contributed by atoms with E-state index in [4.69, 9.17) is 16.3 Å². The first-order chi connectivity index (χ1) is 10.9. The van der Waals surface area contributed by atoms with Crippen LogP contribution in [0.1, 0.15) is 25.0 Å². The molecule has 4 N–H and O–H groups in total. The van der Waals surface area contributed by atoms with Gasteiger partial charge in [0.1, 0.15) is 6.61 Å². The molecule has 120 valence electrons. The minimum Gasteiger partial charge on any atom is -0.368 e. The van der Waals surface area contributed by atoms with Gasteiger partial charge in [-0.2, -0.15) is 10.1 Å². The molecule has 0 atom stereocenters. The fourth-order valence-electron chi connectivity index (χ4n) is 2.81. The molecule has 0 unspecified atom stereocenters. The van der Waals surface area contributed by atoms with Gasteiger partial charge in [0, 0.05) is 0 Å². The van der Waals surface area contributed by atoms with Gasteiger partial charge in [-0.1, -0.05) is 36.4 Å². The summed E-state index contributed by atoms with van der Waals surface area (Å²) in [4.78, 5) is 14.1. The Labute approximate surface area is 135 Å². The summed E-state index contributed by atoms with van der Waals surface area (Å²) in [6, 6.07) is 12.4. The number of nitrogens with zero attached hydrogens (tertiary/aromatic N) is 3. The third-order valence-electron chi connectivity index (χ3n) is 3.90. The van der Waals surface area contributed by atoms with Gasteiger partial charge in [-0.25, -0.2) is 4.99 Å². The molecule has 0 spiro atoms. The molecule has 2 aromatic rings. The van der Waals surface area contributed by atoms with Crippen LogP contribution in [0.3, 0.4) is 0 Å². The largest absolute Gasteiger partial charge is 0.368 e. The quantitative estimate of drug-likeness (QED) is 0.910. The van der Waals surface area contributed by atoms with Crippen LogP contribution in [0, 0.1) is 6.92 Å². The van der Waals surface area contributed by atoms with Crippen LogP contribution in [-0.4, -0.2) is 22.6 Å². The second-order valence-corrected chi connectivity index (χ2v) is 6.09. The van der Waals surface area contributed by atoms with Crippen LogP contribution in [0.25, 0.3) is 10.8 Å². The number of hydroxylamine groups is 2. The fraction of sp³-hybridized carbons (Fsp3) is 0.294. The number of hydrogen-bond donors (Lipinski definition) is 2. The Morgan fingerprint density at radius 2 is 1.78 bits per heavy atom. The van der Waals surface area contributed by atoms with E-state index in [1.165, 1.54) is 21.4 Å². The predicted octanol–water partition coefficient (Wildman–Crippen LogP) is 2.26. The van der Waals surface area contributed by atoms with Gasteiger partial charge in [0.25, 0.3) is 0 Å². The summed E-state index contributed by atoms with van der Waals surface area (Å²) < 4.78 is 0. The van der Waals surface area contributed by atoms with Crippen LogP contribution in [-0.2, 0) is 11.4 Å². The second kappa shape index (κ2) is 5.55. The maximum Gasteiger partial charge on any atom is 0.226 e. The van der Waals surface area contributed by atoms with Crippen molar-refractivity contribution in [3.63, 3.8) is 0 Å². The van der Waals surface area contributed by atoms with E-state index in [-0.39, 0.29) is 11.9 Å². The summed E-state index contributed by atoms with van der Waals surface area (Å²) in [5.41, 5.74) is 13.2. The van der Waals surface area contributed by atoms with Crippen LogP contribution in [0.5, 0.6) is 0 Å². The van der Waals surface area contributed by atoms with E-state index in [2.05, 4.69) is 35.1 Å². The highest BCUT2D eigenvalue weighted by Crippen LogP contribution is 2.25. The number of hydrogen-bond acceptors (Lipinski definition) is 6. The standard InChI is InChI=1S/C17H21N5O/c1-11-6-4-9-14-12(7-5-8-13(11)14)10-23-22-16(19)20-15(18)21-17(22,2)3/h4-9H,10H2,1-3H3,(H4,18,19,20,21). The topological polar surface area (TPSA) is 89.2 Å². The number of aryl methyl sites for hydroxylation is 1. The molecular weight excluding hydrogens is 290 g/mol. The zero-order chi connectivity index (χ0) is 16.6. The summed E-state index contributed by atoms with van der Waals surface area (Å²) in [6.07, 6.45) is 0. The Kier molecular flexibility index (Phi) is 3.69. The Balaban J connectivity index is 1.87. The van der Waals surface area contributed by atoms with Gasteiger partial charge in [-0.3, -0.25) is 4.84 Å². The van der Waals surface area contributed by atoms with Gasteiger partial charge < -0.3 is 11.5 Å². The molecule has 0 radical (unpaired) electrons. The minimum atomic E-state index is -0.698. The lowest BCUT2D eigenvalue weighted by molar-refractivity contribution is -0.166. The molecule has 6 heteroatoms. The van der Waals surface area contributed by atoms with Crippen LogP contribution >= 0.6 is 0 Å². The van der Waals surface area contributed by atoms with E-state index < -0.39 is 5.66 Å². The molecule has 23 heavy (non-hydrogen) atoms. The second-order valence-electron chi connectivity index (χ2n) is 6.09. The molecule has 3 rings (SSSR count). The maximum absolute atomic E-state index is 5.94. The van der Waals surface area contributed by atoms with Crippen molar-refractivity contribution >= 4 is 22.7 Å². The Morgan fingerprint density at radius 3 is 2.52 bits per heavy atom. The van der Waals surface area contributed by atoms with Crippen molar-refractivity contribution < 1.29 is 4.84 Å². The fourth-order valence-corrected chi connectivity index (χ4v) is 2.81. The number of aliphatic imine (C=N–C) groups is 2. The molecule has 1 heterocycles. The Hall–Kier alpha value is -2.60. The predicted molar refractivity (Wildman–Crippen MR) is 92.6 cm³/mol. The average molecular weight is 311 g/mol. The number of nitrogens with two attached hydrogens (primary N) is 2. The summed E-state index contributed by atoms with van der Waals surface area (Å²) in [5.74, 6) is 0.368. The molecule has 2 aromatic carbocycles. The molecular formula is C17H21N5O. The molecule has 1 aliphatic heterocycles. The van der Waals surface area contributed by atoms with Crippen LogP contribution in [0.4, 0.5) is 0 Å². The third kappa shape index (κ3) is 2.85. The molecule has 0 aromatic heterocycles. The zero-order valence-corrected chi connectivity index (χ0v) is 13.6. The SMILES string of the molecule is Cc1cccc2c(CON3C(N)=NC(N)=NC3(C)C)cccc12. The molecule has 1 aliphatic rings. The van der Waals surface area contributed by atoms with E-state index in [0.717, 1.165) is 5.56 Å². The first kappa shape index (κ1) is 15.3. The lowest BCUT2D eigenvalue weighted by Gasteiger charge is -2.36. The summed E-state index contributed by atoms with van der Waals surface area (Å²) in [7, 11) is 0. The van der Waals surface area contributed by atoms with Crippen LogP contribution < -0.4 is 11.5 Å². The molecule has 0 aliphatic carbocycles. The van der Waals surface area contributed by atoms with Gasteiger partial charge in [-0.05, 0) is 42.7 Å². The molecule has 0 saturated carbocycles. The summed E-state index contributed by atoms with van der Waals surface area (Å²) >= 11 is 0. The smallest absolute Gasteiger partial charge is 0.226 e. The van der Waals surface area contributed by atoms with Gasteiger partial charge in [0.2, 0.25) is 11.9 Å². The number of benzene rings is 2. The third-order valence-corrected chi connectivity index (χ3v) is 3.90. The monoisotopic (exact) mass is 311 g/mol. The van der Waals surface area contributed by atoms with Crippen LogP contribution in [0.2, 0.25) is 0 Å². The molecule has 0 bridgehead atoms. The number of rotatable bonds is 3. The van der Waals surface area contributed by atoms with Crippen molar-refractivity contribution in [2.45, 2.75) is 33.0 Å². The lowest BCUT2D eigenvalue weighted by atomic mass is 10.0. The van der Waals surface area contributed by atoms with Crippen LogP contribution in [0.15, 0.2) is 46.4 Å². The number of fused-ring (bicyclic) bond motifs is 1. The average Bonchev–Trinajstić information content (AvgIpc) is 2.46. The van der Waals surface area contributed by atoms with E-state index in [0.29, 0.717) is 6.61 Å². The van der Waals surface area contributed by atoms with Crippen molar-refractivity contribution in [3.05, 3.63) is 47.5 Å². The van der Waals surface area contributed by atoms with E-state index in [1.54, 1.807) is 0 Å². The molecule has 6 nitrogen and oxygen atoms in total. The Morgan fingerprint density at radius 1 is 1.09 bits per heavy atom. The normalized spacial score (nSPS) is 17.1. The van der Waals surface area contributed by atoms with Crippen molar-refractivity contribution in [1.29, 1.82) is 0 Å². The molecule has 0 saturated heterocycles. The van der Waals surface area contributed by atoms with E-state index in [9.17, 15) is 0 Å². The van der Waals surface area contributed by atoms with Crippen molar-refractivity contribution in [2.24, 2.45) is 21.5 Å². The van der Waals surface area contributed by atoms with Crippen molar-refractivity contribution in [3.8, 4) is 0 Å². The van der Waals surface area contributed by atoms with Gasteiger partial charge >= 0.3 is 0 Å². The van der Waals surface area contributed by atoms with Crippen molar-refractivity contribution in [1.82, 2.24) is 5.06 Å². The zero-order valence-electron chi connectivity index (χ0n) is 13.6. The van der Waals surface area contributed by atoms with Gasteiger partial charge in [0.05, 0.1) is 0 Å². The van der Waals surface area contributed by atoms with E-state index in [1.807, 2.05) is 32.0 Å². The maximum atomic E-state index is 5.94. The van der Waals surface area contributed by atoms with Gasteiger partial charge in [-0.15, -0.1) is 0 Å². The number of guanidine groups is 2.